The van der Waals surface area contributed by atoms with E-state index in [2.05, 4.69) is 123 Å². The fourth-order valence-corrected chi connectivity index (χ4v) is 5.94. The Kier molecular flexibility index (Phi) is 38.9. The van der Waals surface area contributed by atoms with Gasteiger partial charge in [-0.15, -0.1) is 0 Å². The number of carboxylic acids is 1. The SMILES string of the molecule is CC/C=C\C/C=C\C/C=C\C/C=C\C/C=C\CCCC(=O)OC(COCCC(C(=O)O)[N+](C)(C)C)COC(=O)CCCCCCCC/C=C\C/C=C\C/C=C\C/C=C\CC. The van der Waals surface area contributed by atoms with Crippen LogP contribution in [0.25, 0.3) is 0 Å². The molecule has 60 heavy (non-hydrogen) atoms. The molecule has 0 saturated heterocycles. The van der Waals surface area contributed by atoms with Crippen molar-refractivity contribution in [2.75, 3.05) is 41.0 Å². The van der Waals surface area contributed by atoms with Crippen molar-refractivity contribution in [2.24, 2.45) is 0 Å². The van der Waals surface area contributed by atoms with Crippen LogP contribution in [-0.2, 0) is 28.6 Å². The minimum atomic E-state index is -0.891. The van der Waals surface area contributed by atoms with Crippen LogP contribution in [0.3, 0.4) is 0 Å². The maximum atomic E-state index is 12.7. The summed E-state index contributed by atoms with van der Waals surface area (Å²) in [4.78, 5) is 37.0. The molecule has 0 aliphatic carbocycles. The second kappa shape index (κ2) is 41.7. The molecule has 0 radical (unpaired) electrons. The van der Waals surface area contributed by atoms with Gasteiger partial charge in [-0.3, -0.25) is 9.59 Å². The van der Waals surface area contributed by atoms with Crippen LogP contribution >= 0.6 is 0 Å². The lowest BCUT2D eigenvalue weighted by Gasteiger charge is -2.31. The third-order valence-electron chi connectivity index (χ3n) is 9.42. The second-order valence-electron chi connectivity index (χ2n) is 15.9. The second-order valence-corrected chi connectivity index (χ2v) is 15.9. The predicted octanol–water partition coefficient (Wildman–Crippen LogP) is 12.9. The molecule has 1 N–H and O–H groups in total. The molecule has 0 saturated carbocycles. The van der Waals surface area contributed by atoms with Crippen molar-refractivity contribution in [2.45, 2.75) is 161 Å². The van der Waals surface area contributed by atoms with E-state index in [1.807, 2.05) is 21.1 Å². The Bertz CT molecular complexity index is 1340. The highest BCUT2D eigenvalue weighted by Gasteiger charge is 2.31. The van der Waals surface area contributed by atoms with Crippen LogP contribution in [0.2, 0.25) is 0 Å². The number of rotatable bonds is 39. The molecule has 8 nitrogen and oxygen atoms in total. The summed E-state index contributed by atoms with van der Waals surface area (Å²) in [5.41, 5.74) is 0. The average Bonchev–Trinajstić information content (AvgIpc) is 3.21. The molecule has 2 atom stereocenters. The number of aliphatic carboxylic acids is 1. The fraction of sp³-hybridized carbons (Fsp3) is 0.596. The molecule has 2 unspecified atom stereocenters. The van der Waals surface area contributed by atoms with E-state index in [4.69, 9.17) is 14.2 Å². The molecule has 0 aromatic heterocycles. The standard InChI is InChI=1S/C52H83NO7/c1-6-8-10-12-14-16-18-20-22-24-25-27-28-30-32-34-36-38-40-42-50(54)59-47-48(46-58-45-44-49(52(56)57)53(3,4)5)60-51(55)43-41-39-37-35-33-31-29-26-23-21-19-17-15-13-11-9-7-2/h8-11,14-17,20-23,25,27,29,31,35,37,48-49H,6-7,12-13,18-19,24,26,28,30,32-34,36,38-47H2,1-5H3/p+1/b10-8-,11-9-,16-14-,17-15-,22-20-,23-21-,27-25-,31-29-,37-35-. The van der Waals surface area contributed by atoms with Crippen molar-refractivity contribution < 1.29 is 38.2 Å². The number of ether oxygens (including phenoxy) is 3. The zero-order valence-corrected chi connectivity index (χ0v) is 38.4. The molecule has 0 bridgehead atoms. The molecule has 0 rings (SSSR count). The van der Waals surface area contributed by atoms with Crippen LogP contribution in [0.4, 0.5) is 0 Å². The van der Waals surface area contributed by atoms with Crippen molar-refractivity contribution >= 4 is 17.9 Å². The quantitative estimate of drug-likeness (QED) is 0.0285. The summed E-state index contributed by atoms with van der Waals surface area (Å²) < 4.78 is 17.2. The number of carboxylic acid groups (broad SMARTS) is 1. The number of carbonyl (C=O) groups excluding carboxylic acids is 2. The molecule has 0 aliphatic rings. The normalized spacial score (nSPS) is 13.9. The maximum Gasteiger partial charge on any atom is 0.362 e. The van der Waals surface area contributed by atoms with Gasteiger partial charge in [-0.05, 0) is 89.9 Å². The van der Waals surface area contributed by atoms with Crippen LogP contribution < -0.4 is 0 Å². The minimum Gasteiger partial charge on any atom is -0.477 e. The molecule has 0 aliphatic heterocycles. The first-order valence-corrected chi connectivity index (χ1v) is 22.9. The summed E-state index contributed by atoms with van der Waals surface area (Å²) in [5, 5.41) is 9.63. The molecular formula is C52H84NO7+. The number of quaternary nitrogens is 1. The first-order valence-electron chi connectivity index (χ1n) is 22.9. The molecule has 0 aromatic carbocycles. The number of carbonyl (C=O) groups is 3. The van der Waals surface area contributed by atoms with Crippen LogP contribution in [-0.4, -0.2) is 80.6 Å². The third kappa shape index (κ3) is 39.5. The van der Waals surface area contributed by atoms with Gasteiger partial charge in [0.25, 0.3) is 0 Å². The summed E-state index contributed by atoms with van der Waals surface area (Å²) in [6.07, 6.45) is 57.1. The summed E-state index contributed by atoms with van der Waals surface area (Å²) in [6, 6.07) is -0.634. The summed E-state index contributed by atoms with van der Waals surface area (Å²) in [5.74, 6) is -1.58. The van der Waals surface area contributed by atoms with Crippen LogP contribution in [0.1, 0.15) is 149 Å². The van der Waals surface area contributed by atoms with Gasteiger partial charge < -0.3 is 23.8 Å². The molecule has 0 amide bonds. The summed E-state index contributed by atoms with van der Waals surface area (Å²) >= 11 is 0. The summed E-state index contributed by atoms with van der Waals surface area (Å²) in [6.45, 7) is 4.41. The lowest BCUT2D eigenvalue weighted by molar-refractivity contribution is -0.887. The van der Waals surface area contributed by atoms with Gasteiger partial charge in [0.15, 0.2) is 12.1 Å². The summed E-state index contributed by atoms with van der Waals surface area (Å²) in [7, 11) is 5.49. The predicted molar refractivity (Wildman–Crippen MR) is 252 cm³/mol. The van der Waals surface area contributed by atoms with E-state index in [1.54, 1.807) is 0 Å². The maximum absolute atomic E-state index is 12.7. The lowest BCUT2D eigenvalue weighted by Crippen LogP contribution is -2.50. The van der Waals surface area contributed by atoms with Gasteiger partial charge in [-0.2, -0.15) is 0 Å². The largest absolute Gasteiger partial charge is 0.477 e. The highest BCUT2D eigenvalue weighted by molar-refractivity contribution is 5.72. The van der Waals surface area contributed by atoms with E-state index in [1.165, 1.54) is 12.8 Å². The zero-order valence-electron chi connectivity index (χ0n) is 38.4. The smallest absolute Gasteiger partial charge is 0.362 e. The molecule has 0 spiro atoms. The van der Waals surface area contributed by atoms with Gasteiger partial charge >= 0.3 is 17.9 Å². The van der Waals surface area contributed by atoms with Crippen LogP contribution in [0, 0.1) is 0 Å². The molecule has 338 valence electrons. The van der Waals surface area contributed by atoms with Gasteiger partial charge in [0.1, 0.15) is 6.61 Å². The van der Waals surface area contributed by atoms with Gasteiger partial charge in [-0.25, -0.2) is 4.79 Å². The van der Waals surface area contributed by atoms with Crippen molar-refractivity contribution in [1.82, 2.24) is 0 Å². The Morgan fingerprint density at radius 2 is 0.900 bits per heavy atom. The molecule has 0 fully saturated rings. The first kappa shape index (κ1) is 56.0. The fourth-order valence-electron chi connectivity index (χ4n) is 5.94. The average molecular weight is 835 g/mol. The first-order chi connectivity index (χ1) is 29.1. The number of unbranched alkanes of at least 4 members (excludes halogenated alkanes) is 7. The van der Waals surface area contributed by atoms with Crippen molar-refractivity contribution in [3.63, 3.8) is 0 Å². The monoisotopic (exact) mass is 835 g/mol. The van der Waals surface area contributed by atoms with Gasteiger partial charge in [0.2, 0.25) is 0 Å². The van der Waals surface area contributed by atoms with Crippen molar-refractivity contribution in [1.29, 1.82) is 0 Å². The van der Waals surface area contributed by atoms with Crippen molar-refractivity contribution in [3.05, 3.63) is 109 Å². The highest BCUT2D eigenvalue weighted by atomic mass is 16.6. The lowest BCUT2D eigenvalue weighted by atomic mass is 10.1. The molecule has 0 heterocycles. The van der Waals surface area contributed by atoms with Gasteiger partial charge in [0.05, 0.1) is 34.4 Å². The molecule has 8 heteroatoms. The van der Waals surface area contributed by atoms with Crippen molar-refractivity contribution in [3.8, 4) is 0 Å². The van der Waals surface area contributed by atoms with Gasteiger partial charge in [0, 0.05) is 19.3 Å². The van der Waals surface area contributed by atoms with Crippen LogP contribution in [0.15, 0.2) is 109 Å². The third-order valence-corrected chi connectivity index (χ3v) is 9.42. The van der Waals surface area contributed by atoms with E-state index >= 15 is 0 Å². The Morgan fingerprint density at radius 3 is 1.35 bits per heavy atom. The Labute approximate surface area is 366 Å². The van der Waals surface area contributed by atoms with Gasteiger partial charge in [-0.1, -0.05) is 149 Å². The molecule has 0 aromatic rings. The van der Waals surface area contributed by atoms with E-state index in [0.717, 1.165) is 96.3 Å². The van der Waals surface area contributed by atoms with E-state index < -0.39 is 18.1 Å². The highest BCUT2D eigenvalue weighted by Crippen LogP contribution is 2.12. The van der Waals surface area contributed by atoms with E-state index in [9.17, 15) is 19.5 Å². The van der Waals surface area contributed by atoms with E-state index in [0.29, 0.717) is 19.3 Å². The van der Waals surface area contributed by atoms with E-state index in [-0.39, 0.29) is 42.7 Å². The minimum absolute atomic E-state index is 0.0260. The van der Waals surface area contributed by atoms with Crippen LogP contribution in [0.5, 0.6) is 0 Å². The Balaban J connectivity index is 4.46. The molecular weight excluding hydrogens is 751 g/mol. The Morgan fingerprint density at radius 1 is 0.500 bits per heavy atom. The number of esters is 2. The zero-order chi connectivity index (χ0) is 44.2. The topological polar surface area (TPSA) is 99.1 Å². The number of hydrogen-bond donors (Lipinski definition) is 1. The Hall–Kier alpha value is -4.01. The number of hydrogen-bond acceptors (Lipinski definition) is 6. The number of likely N-dealkylation sites (N-methyl/N-ethyl adjacent to an activating group) is 1. The number of nitrogens with zero attached hydrogens (tertiary/aromatic N) is 1. The number of allylic oxidation sites excluding steroid dienone is 18.